The molecule has 4 heterocycles. The van der Waals surface area contributed by atoms with E-state index < -0.39 is 14.9 Å². The molecule has 9 rings (SSSR count). The number of furan rings is 1. The zero-order valence-electron chi connectivity index (χ0n) is 37.8. The fourth-order valence-corrected chi connectivity index (χ4v) is 8.49. The van der Waals surface area contributed by atoms with Crippen LogP contribution in [0.2, 0.25) is 19.6 Å². The summed E-state index contributed by atoms with van der Waals surface area (Å²) in [5, 5.41) is 3.33. The molecule has 299 valence electrons. The molecule has 0 spiro atoms. The topological polar surface area (TPSA) is 56.7 Å². The number of hydrogen-bond acceptors (Lipinski definition) is 4. The molecular formula is C52H50IrN4OSi-2. The molecule has 0 atom stereocenters. The van der Waals surface area contributed by atoms with Gasteiger partial charge in [-0.1, -0.05) is 114 Å². The Bertz CT molecular complexity index is 2920. The minimum atomic E-state index is -2.08. The molecule has 0 aliphatic carbocycles. The number of benzene rings is 5. The van der Waals surface area contributed by atoms with Crippen LogP contribution in [0.25, 0.3) is 72.6 Å². The van der Waals surface area contributed by atoms with E-state index in [4.69, 9.17) is 13.5 Å². The molecule has 0 unspecified atom stereocenters. The van der Waals surface area contributed by atoms with Crippen LogP contribution in [0.3, 0.4) is 0 Å². The summed E-state index contributed by atoms with van der Waals surface area (Å²) in [6.07, 6.45) is 1.92. The quantitative estimate of drug-likeness (QED) is 0.118. The van der Waals surface area contributed by atoms with Crippen LogP contribution in [0.4, 0.5) is 0 Å². The molecule has 0 aliphatic rings. The fourth-order valence-electron chi connectivity index (χ4n) is 7.45. The van der Waals surface area contributed by atoms with Gasteiger partial charge < -0.3 is 14.0 Å². The molecule has 5 nitrogen and oxygen atoms in total. The van der Waals surface area contributed by atoms with Crippen molar-refractivity contribution in [2.24, 2.45) is 0 Å². The summed E-state index contributed by atoms with van der Waals surface area (Å²) in [5.74, 6) is 1.48. The van der Waals surface area contributed by atoms with E-state index in [1.54, 1.807) is 12.1 Å². The molecule has 1 radical (unpaired) electrons. The van der Waals surface area contributed by atoms with E-state index in [1.165, 1.54) is 39.2 Å². The molecule has 0 saturated heterocycles. The molecule has 4 aromatic heterocycles. The number of aromatic nitrogens is 4. The maximum atomic E-state index is 7.35. The Kier molecular flexibility index (Phi) is 10.9. The maximum Gasteiger partial charge on any atom is 0.216 e. The van der Waals surface area contributed by atoms with Crippen molar-refractivity contribution in [1.29, 1.82) is 0 Å². The first-order valence-corrected chi connectivity index (χ1v) is 23.5. The van der Waals surface area contributed by atoms with Gasteiger partial charge in [-0.15, -0.1) is 59.2 Å². The smallest absolute Gasteiger partial charge is 0.216 e. The van der Waals surface area contributed by atoms with Crippen molar-refractivity contribution in [3.63, 3.8) is 0 Å². The van der Waals surface area contributed by atoms with Crippen LogP contribution in [-0.2, 0) is 20.1 Å². The molecule has 59 heavy (non-hydrogen) atoms. The second kappa shape index (κ2) is 17.0. The third-order valence-corrected chi connectivity index (χ3v) is 12.7. The van der Waals surface area contributed by atoms with Gasteiger partial charge in [-0.2, -0.15) is 0 Å². The first kappa shape index (κ1) is 37.8. The molecule has 0 saturated carbocycles. The zero-order valence-corrected chi connectivity index (χ0v) is 38.2. The van der Waals surface area contributed by atoms with E-state index >= 15 is 0 Å². The fraction of sp³-hybridized carbons (Fsp3) is 0.212. The van der Waals surface area contributed by atoms with Crippen molar-refractivity contribution < 1.29 is 28.6 Å². The number of rotatable bonds is 7. The third-order valence-electron chi connectivity index (χ3n) is 10.7. The van der Waals surface area contributed by atoms with E-state index in [0.29, 0.717) is 23.1 Å². The number of pyridine rings is 2. The molecule has 0 N–H and O–H groups in total. The largest absolute Gasteiger partial charge is 0.486 e. The van der Waals surface area contributed by atoms with E-state index in [9.17, 15) is 0 Å². The molecule has 0 bridgehead atoms. The number of hydrogen-bond donors (Lipinski definition) is 0. The van der Waals surface area contributed by atoms with Crippen molar-refractivity contribution in [2.45, 2.75) is 72.9 Å². The minimum Gasteiger partial charge on any atom is -0.486 e. The SMILES string of the molecule is Cc1ccc2c(n1)oc1c[c-]c(-c3nc4ccccc4n3-c3c(C(C)C)cc(-c4ccccc4)cc3C(C)C)cc12.[2H]C([2H])([2H])c1c[c-]c(-c2ccc([Si](C)(C)C)cn2)cc1.[Ir]. The zero-order chi connectivity index (χ0) is 43.2. The Hall–Kier alpha value is -5.46. The van der Waals surface area contributed by atoms with Gasteiger partial charge in [-0.25, -0.2) is 4.98 Å². The average molecular weight is 970 g/mol. The van der Waals surface area contributed by atoms with Crippen LogP contribution in [0.15, 0.2) is 132 Å². The van der Waals surface area contributed by atoms with Crippen molar-refractivity contribution in [3.8, 4) is 39.5 Å². The van der Waals surface area contributed by atoms with Crippen molar-refractivity contribution >= 4 is 46.4 Å². The predicted molar refractivity (Wildman–Crippen MR) is 245 cm³/mol. The van der Waals surface area contributed by atoms with Crippen molar-refractivity contribution in [1.82, 2.24) is 19.5 Å². The maximum absolute atomic E-state index is 7.35. The summed E-state index contributed by atoms with van der Waals surface area (Å²) >= 11 is 0. The van der Waals surface area contributed by atoms with Gasteiger partial charge in [0.15, 0.2) is 0 Å². The predicted octanol–water partition coefficient (Wildman–Crippen LogP) is 13.4. The van der Waals surface area contributed by atoms with Crippen LogP contribution >= 0.6 is 0 Å². The van der Waals surface area contributed by atoms with Gasteiger partial charge in [0.05, 0.1) is 30.5 Å². The van der Waals surface area contributed by atoms with Crippen molar-refractivity contribution in [3.05, 3.63) is 162 Å². The molecule has 9 aromatic rings. The second-order valence-corrected chi connectivity index (χ2v) is 21.7. The van der Waals surface area contributed by atoms with Gasteiger partial charge in [0.1, 0.15) is 0 Å². The Morgan fingerprint density at radius 1 is 0.712 bits per heavy atom. The monoisotopic (exact) mass is 970 g/mol. The first-order chi connectivity index (χ1) is 29.1. The van der Waals surface area contributed by atoms with Crippen LogP contribution in [-0.4, -0.2) is 27.6 Å². The molecule has 7 heteroatoms. The van der Waals surface area contributed by atoms with Crippen LogP contribution in [0.1, 0.15) is 66.0 Å². The summed E-state index contributed by atoms with van der Waals surface area (Å²) in [5.41, 5.74) is 13.6. The van der Waals surface area contributed by atoms with Gasteiger partial charge in [0, 0.05) is 47.2 Å². The molecule has 0 aliphatic heterocycles. The van der Waals surface area contributed by atoms with Gasteiger partial charge in [-0.3, -0.25) is 4.98 Å². The summed E-state index contributed by atoms with van der Waals surface area (Å²) in [7, 11) is -1.34. The first-order valence-electron chi connectivity index (χ1n) is 21.5. The Balaban J connectivity index is 0.000000233. The minimum absolute atomic E-state index is 0. The Morgan fingerprint density at radius 2 is 1.42 bits per heavy atom. The molecule has 0 fully saturated rings. The van der Waals surface area contributed by atoms with Crippen LogP contribution in [0, 0.1) is 25.9 Å². The average Bonchev–Trinajstić information content (AvgIpc) is 3.81. The number of para-hydroxylation sites is 2. The summed E-state index contributed by atoms with van der Waals surface area (Å²) in [4.78, 5) is 14.3. The van der Waals surface area contributed by atoms with Gasteiger partial charge >= 0.3 is 0 Å². The molecule has 5 aromatic carbocycles. The summed E-state index contributed by atoms with van der Waals surface area (Å²) < 4.78 is 30.5. The Labute approximate surface area is 367 Å². The van der Waals surface area contributed by atoms with E-state index in [2.05, 4.69) is 159 Å². The van der Waals surface area contributed by atoms with E-state index in [-0.39, 0.29) is 20.1 Å². The Morgan fingerprint density at radius 3 is 2.07 bits per heavy atom. The number of nitrogens with zero attached hydrogens (tertiary/aromatic N) is 4. The molecule has 0 amide bonds. The summed E-state index contributed by atoms with van der Waals surface area (Å²) in [6.45, 7) is 15.9. The van der Waals surface area contributed by atoms with Crippen molar-refractivity contribution in [2.75, 3.05) is 0 Å². The van der Waals surface area contributed by atoms with E-state index in [0.717, 1.165) is 55.7 Å². The van der Waals surface area contributed by atoms with E-state index in [1.807, 2.05) is 31.3 Å². The van der Waals surface area contributed by atoms with Crippen LogP contribution < -0.4 is 5.19 Å². The van der Waals surface area contributed by atoms with Gasteiger partial charge in [-0.05, 0) is 88.3 Å². The summed E-state index contributed by atoms with van der Waals surface area (Å²) in [6, 6.07) is 47.5. The van der Waals surface area contributed by atoms with Crippen LogP contribution in [0.5, 0.6) is 0 Å². The number of fused-ring (bicyclic) bond motifs is 4. The molecular weight excluding hydrogens is 917 g/mol. The normalized spacial score (nSPS) is 12.6. The number of aryl methyl sites for hydroxylation is 2. The second-order valence-electron chi connectivity index (χ2n) is 16.6. The third kappa shape index (κ3) is 8.51. The van der Waals surface area contributed by atoms with Gasteiger partial charge in [0.25, 0.3) is 0 Å². The van der Waals surface area contributed by atoms with Gasteiger partial charge in [0.2, 0.25) is 5.71 Å². The number of imidazole rings is 1. The standard InChI is InChI=1S/C37H32N3O.C15H18NSi.Ir/c1-22(2)29-20-27(25-11-7-6-8-12-25)21-30(23(3)4)35(29)40-33-14-10-9-13-32(33)39-36(40)26-16-18-34-31(19-26)28-17-15-24(5)38-37(28)41-34;1-12-5-7-13(8-6-12)15-10-9-14(11-16-15)17(2,3)4;/h6-15,17-23H,1-5H3;5-7,9-11H,1-4H3;/q2*-1;/i;1D3;.